The van der Waals surface area contributed by atoms with Crippen molar-refractivity contribution in [3.63, 3.8) is 0 Å². The molecule has 1 atom stereocenters. The summed E-state index contributed by atoms with van der Waals surface area (Å²) in [4.78, 5) is 0. The van der Waals surface area contributed by atoms with Gasteiger partial charge in [-0.05, 0) is 24.5 Å². The third-order valence-electron chi connectivity index (χ3n) is 2.92. The molecule has 1 heterocycles. The Morgan fingerprint density at radius 2 is 1.82 bits per heavy atom. The maximum absolute atomic E-state index is 5.42. The zero-order chi connectivity index (χ0) is 12.3. The number of methoxy groups -OCH3 is 3. The van der Waals surface area contributed by atoms with Crippen LogP contribution in [0.1, 0.15) is 12.0 Å². The summed E-state index contributed by atoms with van der Waals surface area (Å²) < 4.78 is 21.2. The fraction of sp³-hybridized carbons (Fsp3) is 0.538. The SMILES string of the molecule is COc1ccc(CCC2CO2)c(OC)c1OC. The summed E-state index contributed by atoms with van der Waals surface area (Å²) in [5.74, 6) is 2.10. The van der Waals surface area contributed by atoms with E-state index < -0.39 is 0 Å². The molecule has 1 aromatic rings. The molecule has 1 aliphatic rings. The normalized spacial score (nSPS) is 17.7. The maximum Gasteiger partial charge on any atom is 0.203 e. The van der Waals surface area contributed by atoms with E-state index in [0.717, 1.165) is 30.8 Å². The molecule has 1 aliphatic heterocycles. The third kappa shape index (κ3) is 2.64. The highest BCUT2D eigenvalue weighted by Crippen LogP contribution is 2.40. The quantitative estimate of drug-likeness (QED) is 0.711. The van der Waals surface area contributed by atoms with E-state index in [1.165, 1.54) is 0 Å². The molecule has 4 heteroatoms. The Bertz CT molecular complexity index is 385. The molecule has 1 fully saturated rings. The molecule has 0 aliphatic carbocycles. The van der Waals surface area contributed by atoms with E-state index in [1.807, 2.05) is 12.1 Å². The van der Waals surface area contributed by atoms with Crippen molar-refractivity contribution in [2.24, 2.45) is 0 Å². The van der Waals surface area contributed by atoms with Crippen molar-refractivity contribution in [3.05, 3.63) is 17.7 Å². The molecule has 17 heavy (non-hydrogen) atoms. The van der Waals surface area contributed by atoms with Gasteiger partial charge in [0.05, 0.1) is 34.0 Å². The molecule has 1 unspecified atom stereocenters. The predicted molar refractivity (Wildman–Crippen MR) is 64.2 cm³/mol. The van der Waals surface area contributed by atoms with Crippen LogP contribution in [-0.2, 0) is 11.2 Å². The van der Waals surface area contributed by atoms with Crippen LogP contribution in [-0.4, -0.2) is 34.0 Å². The number of ether oxygens (including phenoxy) is 4. The van der Waals surface area contributed by atoms with Crippen molar-refractivity contribution in [3.8, 4) is 17.2 Å². The number of hydrogen-bond acceptors (Lipinski definition) is 4. The molecule has 94 valence electrons. The van der Waals surface area contributed by atoms with Crippen LogP contribution < -0.4 is 14.2 Å². The molecule has 0 radical (unpaired) electrons. The Morgan fingerprint density at radius 3 is 2.35 bits per heavy atom. The highest BCUT2D eigenvalue weighted by molar-refractivity contribution is 5.55. The second kappa shape index (κ2) is 5.27. The first kappa shape index (κ1) is 12.0. The van der Waals surface area contributed by atoms with Crippen molar-refractivity contribution < 1.29 is 18.9 Å². The van der Waals surface area contributed by atoms with Gasteiger partial charge in [-0.2, -0.15) is 0 Å². The lowest BCUT2D eigenvalue weighted by Gasteiger charge is -2.15. The molecule has 4 nitrogen and oxygen atoms in total. The summed E-state index contributed by atoms with van der Waals surface area (Å²) >= 11 is 0. The Kier molecular flexibility index (Phi) is 3.74. The number of benzene rings is 1. The number of hydrogen-bond donors (Lipinski definition) is 0. The van der Waals surface area contributed by atoms with Crippen LogP contribution in [0.3, 0.4) is 0 Å². The first-order chi connectivity index (χ1) is 8.30. The molecular weight excluding hydrogens is 220 g/mol. The van der Waals surface area contributed by atoms with Gasteiger partial charge in [0.15, 0.2) is 11.5 Å². The first-order valence-electron chi connectivity index (χ1n) is 5.69. The van der Waals surface area contributed by atoms with Gasteiger partial charge in [0.25, 0.3) is 0 Å². The number of aryl methyl sites for hydroxylation is 1. The summed E-state index contributed by atoms with van der Waals surface area (Å²) in [6.45, 7) is 0.885. The topological polar surface area (TPSA) is 40.2 Å². The van der Waals surface area contributed by atoms with Crippen LogP contribution in [0.15, 0.2) is 12.1 Å². The maximum atomic E-state index is 5.42. The fourth-order valence-corrected chi connectivity index (χ4v) is 1.91. The minimum absolute atomic E-state index is 0.424. The zero-order valence-corrected chi connectivity index (χ0v) is 10.5. The third-order valence-corrected chi connectivity index (χ3v) is 2.92. The predicted octanol–water partition coefficient (Wildman–Crippen LogP) is 2.04. The van der Waals surface area contributed by atoms with Crippen LogP contribution >= 0.6 is 0 Å². The van der Waals surface area contributed by atoms with E-state index in [1.54, 1.807) is 21.3 Å². The lowest BCUT2D eigenvalue weighted by atomic mass is 10.1. The van der Waals surface area contributed by atoms with Gasteiger partial charge in [-0.1, -0.05) is 6.07 Å². The molecular formula is C13H18O4. The standard InChI is InChI=1S/C13H18O4/c1-14-11-7-5-9(4-6-10-8-17-10)12(15-2)13(11)16-3/h5,7,10H,4,6,8H2,1-3H3. The smallest absolute Gasteiger partial charge is 0.203 e. The van der Waals surface area contributed by atoms with Crippen molar-refractivity contribution in [1.29, 1.82) is 0 Å². The van der Waals surface area contributed by atoms with Gasteiger partial charge < -0.3 is 18.9 Å². The fourth-order valence-electron chi connectivity index (χ4n) is 1.91. The van der Waals surface area contributed by atoms with Crippen molar-refractivity contribution in [2.75, 3.05) is 27.9 Å². The van der Waals surface area contributed by atoms with E-state index in [0.29, 0.717) is 17.6 Å². The Hall–Kier alpha value is -1.42. The van der Waals surface area contributed by atoms with Gasteiger partial charge >= 0.3 is 0 Å². The molecule has 0 aromatic heterocycles. The molecule has 0 bridgehead atoms. The average molecular weight is 238 g/mol. The van der Waals surface area contributed by atoms with Gasteiger partial charge in [0.2, 0.25) is 5.75 Å². The van der Waals surface area contributed by atoms with E-state index >= 15 is 0 Å². The second-order valence-corrected chi connectivity index (χ2v) is 3.99. The summed E-state index contributed by atoms with van der Waals surface area (Å²) in [5.41, 5.74) is 1.13. The summed E-state index contributed by atoms with van der Waals surface area (Å²) in [5, 5.41) is 0. The van der Waals surface area contributed by atoms with Gasteiger partial charge in [0, 0.05) is 0 Å². The monoisotopic (exact) mass is 238 g/mol. The van der Waals surface area contributed by atoms with Gasteiger partial charge in [0.1, 0.15) is 0 Å². The van der Waals surface area contributed by atoms with E-state index in [4.69, 9.17) is 18.9 Å². The highest BCUT2D eigenvalue weighted by Gasteiger charge is 2.23. The largest absolute Gasteiger partial charge is 0.493 e. The van der Waals surface area contributed by atoms with Crippen LogP contribution in [0.2, 0.25) is 0 Å². The lowest BCUT2D eigenvalue weighted by molar-refractivity contribution is 0.321. The summed E-state index contributed by atoms with van der Waals surface area (Å²) in [7, 11) is 4.89. The summed E-state index contributed by atoms with van der Waals surface area (Å²) in [6, 6.07) is 3.92. The molecule has 0 N–H and O–H groups in total. The molecule has 1 saturated heterocycles. The minimum Gasteiger partial charge on any atom is -0.493 e. The number of epoxide rings is 1. The number of rotatable bonds is 6. The van der Waals surface area contributed by atoms with Crippen LogP contribution in [0.5, 0.6) is 17.2 Å². The summed E-state index contributed by atoms with van der Waals surface area (Å²) in [6.07, 6.45) is 2.37. The Morgan fingerprint density at radius 1 is 1.12 bits per heavy atom. The molecule has 0 saturated carbocycles. The van der Waals surface area contributed by atoms with Gasteiger partial charge in [-0.25, -0.2) is 0 Å². The average Bonchev–Trinajstić information content (AvgIpc) is 3.18. The first-order valence-corrected chi connectivity index (χ1v) is 5.69. The highest BCUT2D eigenvalue weighted by atomic mass is 16.6. The van der Waals surface area contributed by atoms with Crippen LogP contribution in [0.4, 0.5) is 0 Å². The molecule has 1 aromatic carbocycles. The van der Waals surface area contributed by atoms with Crippen LogP contribution in [0.25, 0.3) is 0 Å². The van der Waals surface area contributed by atoms with Crippen molar-refractivity contribution in [1.82, 2.24) is 0 Å². The lowest BCUT2D eigenvalue weighted by Crippen LogP contribution is -2.00. The van der Waals surface area contributed by atoms with Gasteiger partial charge in [-0.15, -0.1) is 0 Å². The van der Waals surface area contributed by atoms with Gasteiger partial charge in [-0.3, -0.25) is 0 Å². The van der Waals surface area contributed by atoms with Crippen LogP contribution in [0, 0.1) is 0 Å². The van der Waals surface area contributed by atoms with E-state index in [-0.39, 0.29) is 0 Å². The second-order valence-electron chi connectivity index (χ2n) is 3.99. The molecule has 0 amide bonds. The van der Waals surface area contributed by atoms with Crippen molar-refractivity contribution in [2.45, 2.75) is 18.9 Å². The Labute approximate surface area is 101 Å². The minimum atomic E-state index is 0.424. The Balaban J connectivity index is 2.23. The molecule has 2 rings (SSSR count). The van der Waals surface area contributed by atoms with E-state index in [9.17, 15) is 0 Å². The molecule has 0 spiro atoms. The van der Waals surface area contributed by atoms with Crippen molar-refractivity contribution >= 4 is 0 Å². The van der Waals surface area contributed by atoms with E-state index in [2.05, 4.69) is 0 Å². The zero-order valence-electron chi connectivity index (χ0n) is 10.5.